The van der Waals surface area contributed by atoms with Crippen LogP contribution in [0.2, 0.25) is 0 Å². The molecule has 0 spiro atoms. The van der Waals surface area contributed by atoms with Crippen molar-refractivity contribution in [2.45, 2.75) is 52.5 Å². The molecular weight excluding hydrogens is 410 g/mol. The van der Waals surface area contributed by atoms with Gasteiger partial charge in [0.25, 0.3) is 0 Å². The zero-order valence-corrected chi connectivity index (χ0v) is 20.3. The first-order valence-electron chi connectivity index (χ1n) is 11.9. The summed E-state index contributed by atoms with van der Waals surface area (Å²) in [5.41, 5.74) is 5.32. The lowest BCUT2D eigenvalue weighted by Gasteiger charge is -2.40. The number of methoxy groups -OCH3 is 1. The standard InChI is InChI=1S/C28H33N3O2/c1-18-12-21(16-28(2,3)15-18)31-25-11-10-19(27(32)33-5)13-23(25)29-26(31)14-20-17-30(4)24-9-7-6-8-22(20)24/h6-11,13,17-18,21H,12,14-16H2,1-5H3/t18-,21+/m0/s1. The summed E-state index contributed by atoms with van der Waals surface area (Å²) in [5.74, 6) is 1.41. The Bertz CT molecular complexity index is 1340. The highest BCUT2D eigenvalue weighted by Gasteiger charge is 2.34. The number of rotatable bonds is 4. The molecule has 0 N–H and O–H groups in total. The van der Waals surface area contributed by atoms with Crippen LogP contribution < -0.4 is 0 Å². The van der Waals surface area contributed by atoms with E-state index in [1.54, 1.807) is 0 Å². The first-order chi connectivity index (χ1) is 15.8. The van der Waals surface area contributed by atoms with Crippen molar-refractivity contribution in [3.05, 3.63) is 65.6 Å². The van der Waals surface area contributed by atoms with Crippen molar-refractivity contribution in [1.82, 2.24) is 14.1 Å². The molecule has 5 nitrogen and oxygen atoms in total. The second-order valence-electron chi connectivity index (χ2n) is 10.6. The van der Waals surface area contributed by atoms with Crippen molar-refractivity contribution in [1.29, 1.82) is 0 Å². The number of benzene rings is 2. The smallest absolute Gasteiger partial charge is 0.337 e. The average Bonchev–Trinajstić information content (AvgIpc) is 3.28. The van der Waals surface area contributed by atoms with Gasteiger partial charge in [0, 0.05) is 36.6 Å². The fourth-order valence-electron chi connectivity index (χ4n) is 6.15. The van der Waals surface area contributed by atoms with Gasteiger partial charge in [0.15, 0.2) is 0 Å². The molecule has 1 fully saturated rings. The monoisotopic (exact) mass is 443 g/mol. The van der Waals surface area contributed by atoms with E-state index >= 15 is 0 Å². The van der Waals surface area contributed by atoms with Gasteiger partial charge in [-0.2, -0.15) is 0 Å². The number of esters is 1. The number of imidazole rings is 1. The topological polar surface area (TPSA) is 49.0 Å². The molecule has 33 heavy (non-hydrogen) atoms. The fourth-order valence-corrected chi connectivity index (χ4v) is 6.15. The van der Waals surface area contributed by atoms with Gasteiger partial charge < -0.3 is 13.9 Å². The lowest BCUT2D eigenvalue weighted by atomic mass is 9.70. The Morgan fingerprint density at radius 2 is 1.94 bits per heavy atom. The minimum absolute atomic E-state index is 0.293. The van der Waals surface area contributed by atoms with E-state index in [4.69, 9.17) is 9.72 Å². The van der Waals surface area contributed by atoms with Crippen LogP contribution >= 0.6 is 0 Å². The molecule has 0 bridgehead atoms. The highest BCUT2D eigenvalue weighted by atomic mass is 16.5. The van der Waals surface area contributed by atoms with Crippen molar-refractivity contribution in [2.75, 3.05) is 7.11 Å². The Balaban J connectivity index is 1.66. The summed E-state index contributed by atoms with van der Waals surface area (Å²) in [6.07, 6.45) is 6.51. The third-order valence-electron chi connectivity index (χ3n) is 7.24. The fraction of sp³-hybridized carbons (Fsp3) is 0.429. The largest absolute Gasteiger partial charge is 0.465 e. The summed E-state index contributed by atoms with van der Waals surface area (Å²) in [4.78, 5) is 17.3. The second kappa shape index (κ2) is 8.05. The van der Waals surface area contributed by atoms with Crippen LogP contribution in [-0.2, 0) is 18.2 Å². The number of nitrogens with zero attached hydrogens (tertiary/aromatic N) is 3. The van der Waals surface area contributed by atoms with Crippen LogP contribution in [0.5, 0.6) is 0 Å². The molecule has 0 radical (unpaired) electrons. The van der Waals surface area contributed by atoms with Gasteiger partial charge in [0.2, 0.25) is 0 Å². The number of aryl methyl sites for hydroxylation is 1. The van der Waals surface area contributed by atoms with Crippen LogP contribution in [0.4, 0.5) is 0 Å². The Labute approximate surface area is 195 Å². The van der Waals surface area contributed by atoms with Gasteiger partial charge in [-0.3, -0.25) is 0 Å². The molecule has 2 aromatic carbocycles. The van der Waals surface area contributed by atoms with Crippen molar-refractivity contribution in [2.24, 2.45) is 18.4 Å². The van der Waals surface area contributed by atoms with E-state index in [1.807, 2.05) is 18.2 Å². The van der Waals surface area contributed by atoms with E-state index in [-0.39, 0.29) is 5.97 Å². The molecule has 1 aliphatic rings. The Morgan fingerprint density at radius 3 is 2.70 bits per heavy atom. The van der Waals surface area contributed by atoms with Crippen LogP contribution in [0.1, 0.15) is 67.8 Å². The van der Waals surface area contributed by atoms with Crippen molar-refractivity contribution >= 4 is 27.9 Å². The first-order valence-corrected chi connectivity index (χ1v) is 11.9. The molecule has 5 heteroatoms. The summed E-state index contributed by atoms with van der Waals surface area (Å²) in [6, 6.07) is 14.7. The van der Waals surface area contributed by atoms with E-state index < -0.39 is 0 Å². The van der Waals surface area contributed by atoms with E-state index in [9.17, 15) is 4.79 Å². The molecule has 2 aromatic heterocycles. The molecule has 2 heterocycles. The van der Waals surface area contributed by atoms with Crippen LogP contribution in [0.3, 0.4) is 0 Å². The first kappa shape index (κ1) is 21.7. The number of fused-ring (bicyclic) bond motifs is 2. The summed E-state index contributed by atoms with van der Waals surface area (Å²) in [7, 11) is 3.52. The van der Waals surface area contributed by atoms with Gasteiger partial charge in [0.1, 0.15) is 5.82 Å². The summed E-state index contributed by atoms with van der Waals surface area (Å²) in [6.45, 7) is 7.13. The maximum absolute atomic E-state index is 12.2. The molecule has 4 aromatic rings. The Hall–Kier alpha value is -3.08. The zero-order valence-electron chi connectivity index (χ0n) is 20.3. The van der Waals surface area contributed by atoms with Crippen LogP contribution in [-0.4, -0.2) is 27.2 Å². The lowest BCUT2D eigenvalue weighted by molar-refractivity contribution is 0.0601. The Kier molecular flexibility index (Phi) is 5.31. The number of hydrogen-bond acceptors (Lipinski definition) is 3. The predicted octanol–water partition coefficient (Wildman–Crippen LogP) is 6.29. The number of carbonyl (C=O) groups is 1. The van der Waals surface area contributed by atoms with E-state index in [2.05, 4.69) is 67.4 Å². The molecule has 1 saturated carbocycles. The molecule has 0 saturated heterocycles. The number of ether oxygens (including phenoxy) is 1. The third-order valence-corrected chi connectivity index (χ3v) is 7.24. The quantitative estimate of drug-likeness (QED) is 0.348. The molecule has 0 aliphatic heterocycles. The second-order valence-corrected chi connectivity index (χ2v) is 10.6. The summed E-state index contributed by atoms with van der Waals surface area (Å²) >= 11 is 0. The van der Waals surface area contributed by atoms with Gasteiger partial charge >= 0.3 is 5.97 Å². The number of para-hydroxylation sites is 1. The molecular formula is C28H33N3O2. The highest BCUT2D eigenvalue weighted by molar-refractivity contribution is 5.93. The maximum Gasteiger partial charge on any atom is 0.337 e. The van der Waals surface area contributed by atoms with Crippen LogP contribution in [0.15, 0.2) is 48.7 Å². The maximum atomic E-state index is 12.2. The molecule has 2 atom stereocenters. The number of hydrogen-bond donors (Lipinski definition) is 0. The summed E-state index contributed by atoms with van der Waals surface area (Å²) in [5, 5.41) is 1.27. The van der Waals surface area contributed by atoms with Gasteiger partial charge in [0.05, 0.1) is 23.7 Å². The molecule has 0 unspecified atom stereocenters. The molecule has 172 valence electrons. The Morgan fingerprint density at radius 1 is 1.15 bits per heavy atom. The van der Waals surface area contributed by atoms with E-state index in [0.717, 1.165) is 36.1 Å². The average molecular weight is 444 g/mol. The van der Waals surface area contributed by atoms with Gasteiger partial charge in [-0.15, -0.1) is 0 Å². The third kappa shape index (κ3) is 3.94. The van der Waals surface area contributed by atoms with Crippen molar-refractivity contribution in [3.63, 3.8) is 0 Å². The van der Waals surface area contributed by atoms with Crippen LogP contribution in [0.25, 0.3) is 21.9 Å². The molecule has 0 amide bonds. The predicted molar refractivity (Wildman–Crippen MR) is 133 cm³/mol. The van der Waals surface area contributed by atoms with Gasteiger partial charge in [-0.05, 0) is 60.4 Å². The minimum Gasteiger partial charge on any atom is -0.465 e. The van der Waals surface area contributed by atoms with Gasteiger partial charge in [-0.25, -0.2) is 9.78 Å². The van der Waals surface area contributed by atoms with Gasteiger partial charge in [-0.1, -0.05) is 39.0 Å². The number of carbonyl (C=O) groups excluding carboxylic acids is 1. The summed E-state index contributed by atoms with van der Waals surface area (Å²) < 4.78 is 9.61. The van der Waals surface area contributed by atoms with E-state index in [1.165, 1.54) is 30.0 Å². The minimum atomic E-state index is -0.325. The normalized spacial score (nSPS) is 20.4. The molecule has 1 aliphatic carbocycles. The van der Waals surface area contributed by atoms with Crippen LogP contribution in [0, 0.1) is 11.3 Å². The lowest BCUT2D eigenvalue weighted by Crippen LogP contribution is -2.30. The number of aromatic nitrogens is 3. The van der Waals surface area contributed by atoms with Crippen molar-refractivity contribution in [3.8, 4) is 0 Å². The molecule has 5 rings (SSSR count). The SMILES string of the molecule is COC(=O)c1ccc2c(c1)nc(Cc1cn(C)c3ccccc13)n2[C@@H]1C[C@H](C)CC(C)(C)C1. The zero-order chi connectivity index (χ0) is 23.3. The van der Waals surface area contributed by atoms with Crippen molar-refractivity contribution < 1.29 is 9.53 Å². The highest BCUT2D eigenvalue weighted by Crippen LogP contribution is 2.45. The van der Waals surface area contributed by atoms with E-state index in [0.29, 0.717) is 22.9 Å².